The number of rotatable bonds is 4. The molecule has 1 aliphatic rings. The number of nitrogens with zero attached hydrogens (tertiary/aromatic N) is 1. The summed E-state index contributed by atoms with van der Waals surface area (Å²) in [6, 6.07) is 2.69. The highest BCUT2D eigenvalue weighted by Gasteiger charge is 2.39. The number of nitrogens with one attached hydrogen (secondary N) is 1. The number of ether oxygens (including phenoxy) is 1. The third-order valence-corrected chi connectivity index (χ3v) is 4.25. The van der Waals surface area contributed by atoms with Crippen molar-refractivity contribution in [3.8, 4) is 0 Å². The van der Waals surface area contributed by atoms with Gasteiger partial charge in [-0.1, -0.05) is 11.3 Å². The maximum atomic E-state index is 11.8. The molecule has 1 fully saturated rings. The molecular weight excluding hydrogens is 272 g/mol. The predicted octanol–water partition coefficient (Wildman–Crippen LogP) is 0.926. The highest BCUT2D eigenvalue weighted by Crippen LogP contribution is 2.26. The van der Waals surface area contributed by atoms with Crippen molar-refractivity contribution in [2.45, 2.75) is 25.0 Å². The molecule has 0 aromatic carbocycles. The average molecular weight is 286 g/mol. The van der Waals surface area contributed by atoms with E-state index in [1.165, 1.54) is 12.1 Å². The molecule has 2 unspecified atom stereocenters. The largest absolute Gasteiger partial charge is 0.385 e. The van der Waals surface area contributed by atoms with E-state index in [1.54, 1.807) is 6.92 Å². The van der Waals surface area contributed by atoms with Gasteiger partial charge in [-0.25, -0.2) is 0 Å². The SMILES string of the molecule is CC1OCCC1(O)CNC(=O)c1ccc([N+](=O)[O-])s1. The second-order valence-corrected chi connectivity index (χ2v) is 5.51. The lowest BCUT2D eigenvalue weighted by Crippen LogP contribution is -2.47. The second kappa shape index (κ2) is 5.24. The van der Waals surface area contributed by atoms with Gasteiger partial charge >= 0.3 is 5.00 Å². The Balaban J connectivity index is 1.95. The fourth-order valence-corrected chi connectivity index (χ4v) is 2.61. The fourth-order valence-electron chi connectivity index (χ4n) is 1.87. The van der Waals surface area contributed by atoms with Crippen LogP contribution in [0.4, 0.5) is 5.00 Å². The smallest absolute Gasteiger partial charge is 0.324 e. The van der Waals surface area contributed by atoms with Gasteiger partial charge in [-0.15, -0.1) is 0 Å². The molecule has 1 aromatic rings. The first kappa shape index (κ1) is 13.9. The van der Waals surface area contributed by atoms with Crippen molar-refractivity contribution in [3.63, 3.8) is 0 Å². The van der Waals surface area contributed by atoms with Gasteiger partial charge in [0.15, 0.2) is 0 Å². The zero-order valence-electron chi connectivity index (χ0n) is 10.3. The van der Waals surface area contributed by atoms with Crippen molar-refractivity contribution in [1.29, 1.82) is 0 Å². The Morgan fingerprint density at radius 2 is 2.47 bits per heavy atom. The van der Waals surface area contributed by atoms with Gasteiger partial charge in [-0.2, -0.15) is 0 Å². The summed E-state index contributed by atoms with van der Waals surface area (Å²) >= 11 is 0.807. The van der Waals surface area contributed by atoms with Gasteiger partial charge in [0.25, 0.3) is 5.91 Å². The number of nitro groups is 1. The van der Waals surface area contributed by atoms with Crippen molar-refractivity contribution >= 4 is 22.2 Å². The summed E-state index contributed by atoms with van der Waals surface area (Å²) in [5.41, 5.74) is -1.07. The van der Waals surface area contributed by atoms with E-state index in [9.17, 15) is 20.0 Å². The van der Waals surface area contributed by atoms with E-state index < -0.39 is 16.4 Å². The molecule has 2 rings (SSSR count). The summed E-state index contributed by atoms with van der Waals surface area (Å²) in [6.45, 7) is 2.27. The zero-order valence-corrected chi connectivity index (χ0v) is 11.1. The van der Waals surface area contributed by atoms with Crippen LogP contribution in [-0.4, -0.2) is 40.8 Å². The molecule has 2 heterocycles. The van der Waals surface area contributed by atoms with E-state index in [4.69, 9.17) is 4.74 Å². The molecular formula is C11H14N2O5S. The third-order valence-electron chi connectivity index (χ3n) is 3.21. The van der Waals surface area contributed by atoms with Crippen LogP contribution in [0.3, 0.4) is 0 Å². The monoisotopic (exact) mass is 286 g/mol. The normalized spacial score (nSPS) is 26.3. The van der Waals surface area contributed by atoms with Gasteiger partial charge in [0.05, 0.1) is 15.9 Å². The van der Waals surface area contributed by atoms with Crippen molar-refractivity contribution in [1.82, 2.24) is 5.32 Å². The number of thiophene rings is 1. The van der Waals surface area contributed by atoms with Crippen LogP contribution >= 0.6 is 11.3 Å². The van der Waals surface area contributed by atoms with Crippen LogP contribution in [0.2, 0.25) is 0 Å². The molecule has 7 nitrogen and oxygen atoms in total. The number of carbonyl (C=O) groups is 1. The van der Waals surface area contributed by atoms with Crippen LogP contribution in [-0.2, 0) is 4.74 Å². The molecule has 1 aromatic heterocycles. The number of amides is 1. The first-order valence-corrected chi connectivity index (χ1v) is 6.60. The molecule has 0 spiro atoms. The van der Waals surface area contributed by atoms with Gasteiger partial charge in [-0.3, -0.25) is 14.9 Å². The molecule has 19 heavy (non-hydrogen) atoms. The number of carbonyl (C=O) groups excluding carboxylic acids is 1. The molecule has 0 saturated carbocycles. The second-order valence-electron chi connectivity index (χ2n) is 4.44. The number of aliphatic hydroxyl groups is 1. The van der Waals surface area contributed by atoms with E-state index in [0.717, 1.165) is 11.3 Å². The topological polar surface area (TPSA) is 102 Å². The molecule has 104 valence electrons. The summed E-state index contributed by atoms with van der Waals surface area (Å²) in [7, 11) is 0. The third kappa shape index (κ3) is 2.91. The van der Waals surface area contributed by atoms with Crippen molar-refractivity contribution in [3.05, 3.63) is 27.1 Å². The molecule has 8 heteroatoms. The Hall–Kier alpha value is -1.51. The molecule has 2 N–H and O–H groups in total. The van der Waals surface area contributed by atoms with Gasteiger partial charge in [0.2, 0.25) is 0 Å². The van der Waals surface area contributed by atoms with Gasteiger partial charge in [-0.05, 0) is 13.0 Å². The highest BCUT2D eigenvalue weighted by atomic mass is 32.1. The Morgan fingerprint density at radius 1 is 1.74 bits per heavy atom. The molecule has 2 atom stereocenters. The highest BCUT2D eigenvalue weighted by molar-refractivity contribution is 7.17. The molecule has 1 amide bonds. The van der Waals surface area contributed by atoms with Crippen molar-refractivity contribution in [2.75, 3.05) is 13.2 Å². The van der Waals surface area contributed by atoms with E-state index in [2.05, 4.69) is 5.32 Å². The lowest BCUT2D eigenvalue weighted by atomic mass is 9.97. The first-order chi connectivity index (χ1) is 8.92. The Labute approximate surface area is 113 Å². The molecule has 0 aliphatic carbocycles. The minimum absolute atomic E-state index is 0.0682. The van der Waals surface area contributed by atoms with Crippen LogP contribution < -0.4 is 5.32 Å². The average Bonchev–Trinajstić information content (AvgIpc) is 2.96. The van der Waals surface area contributed by atoms with E-state index in [1.807, 2.05) is 0 Å². The summed E-state index contributed by atoms with van der Waals surface area (Å²) in [6.07, 6.45) is 0.115. The fraction of sp³-hybridized carbons (Fsp3) is 0.545. The molecule has 0 radical (unpaired) electrons. The van der Waals surface area contributed by atoms with Crippen LogP contribution in [0.5, 0.6) is 0 Å². The van der Waals surface area contributed by atoms with Gasteiger partial charge < -0.3 is 15.2 Å². The maximum absolute atomic E-state index is 11.8. The van der Waals surface area contributed by atoms with Crippen molar-refractivity contribution in [2.24, 2.45) is 0 Å². The molecule has 1 saturated heterocycles. The van der Waals surface area contributed by atoms with Crippen LogP contribution in [0, 0.1) is 10.1 Å². The van der Waals surface area contributed by atoms with E-state index in [0.29, 0.717) is 13.0 Å². The molecule has 1 aliphatic heterocycles. The maximum Gasteiger partial charge on any atom is 0.324 e. The first-order valence-electron chi connectivity index (χ1n) is 5.79. The quantitative estimate of drug-likeness (QED) is 0.633. The van der Waals surface area contributed by atoms with E-state index >= 15 is 0 Å². The van der Waals surface area contributed by atoms with E-state index in [-0.39, 0.29) is 22.5 Å². The lowest BCUT2D eigenvalue weighted by molar-refractivity contribution is -0.380. The van der Waals surface area contributed by atoms with Crippen LogP contribution in [0.25, 0.3) is 0 Å². The van der Waals surface area contributed by atoms with Crippen LogP contribution in [0.15, 0.2) is 12.1 Å². The zero-order chi connectivity index (χ0) is 14.0. The lowest BCUT2D eigenvalue weighted by Gasteiger charge is -2.25. The standard InChI is InChI=1S/C11H14N2O5S/c1-7-11(15,4-5-18-7)6-12-10(14)8-2-3-9(19-8)13(16)17/h2-3,7,15H,4-6H2,1H3,(H,12,14). The summed E-state index contributed by atoms with van der Waals surface area (Å²) in [5.74, 6) is -0.425. The summed E-state index contributed by atoms with van der Waals surface area (Å²) in [5, 5.41) is 23.2. The Bertz CT molecular complexity index is 503. The Morgan fingerprint density at radius 3 is 3.00 bits per heavy atom. The van der Waals surface area contributed by atoms with Gasteiger partial charge in [0.1, 0.15) is 5.60 Å². The number of hydrogen-bond donors (Lipinski definition) is 2. The Kier molecular flexibility index (Phi) is 3.83. The minimum atomic E-state index is -1.07. The van der Waals surface area contributed by atoms with Crippen LogP contribution in [0.1, 0.15) is 23.0 Å². The predicted molar refractivity (Wildman–Crippen MR) is 68.3 cm³/mol. The minimum Gasteiger partial charge on any atom is -0.385 e. The summed E-state index contributed by atoms with van der Waals surface area (Å²) < 4.78 is 5.25. The van der Waals surface area contributed by atoms with Crippen molar-refractivity contribution < 1.29 is 19.6 Å². The summed E-state index contributed by atoms with van der Waals surface area (Å²) in [4.78, 5) is 22.0. The van der Waals surface area contributed by atoms with Gasteiger partial charge in [0, 0.05) is 25.6 Å². The number of hydrogen-bond acceptors (Lipinski definition) is 6. The molecule has 0 bridgehead atoms.